The van der Waals surface area contributed by atoms with E-state index in [1.54, 1.807) is 0 Å². The average molecular weight is 355 g/mol. The van der Waals surface area contributed by atoms with Gasteiger partial charge in [-0.15, -0.1) is 0 Å². The summed E-state index contributed by atoms with van der Waals surface area (Å²) in [5.74, 6) is 0. The van der Waals surface area contributed by atoms with Crippen LogP contribution in [0.2, 0.25) is 0 Å². The molecule has 0 spiro atoms. The molecule has 9 heteroatoms. The van der Waals surface area contributed by atoms with E-state index >= 15 is 0 Å². The van der Waals surface area contributed by atoms with E-state index in [2.05, 4.69) is 26.6 Å². The maximum Gasteiger partial charge on any atom is 0.334 e. The zero-order chi connectivity index (χ0) is 17.6. The van der Waals surface area contributed by atoms with Crippen molar-refractivity contribution in [3.8, 4) is 5.69 Å². The zero-order valence-electron chi connectivity index (χ0n) is 13.5. The van der Waals surface area contributed by atoms with Gasteiger partial charge >= 0.3 is 6.03 Å². The number of rotatable bonds is 5. The van der Waals surface area contributed by atoms with Crippen molar-refractivity contribution in [1.82, 2.24) is 30.5 Å². The molecule has 8 nitrogen and oxygen atoms in total. The largest absolute Gasteiger partial charge is 0.334 e. The zero-order valence-corrected chi connectivity index (χ0v) is 14.3. The van der Waals surface area contributed by atoms with Crippen molar-refractivity contribution >= 4 is 23.9 Å². The number of nitrogens with zero attached hydrogens (tertiary/aromatic N) is 4. The van der Waals surface area contributed by atoms with Crippen LogP contribution in [0, 0.1) is 11.7 Å². The summed E-state index contributed by atoms with van der Waals surface area (Å²) in [6.45, 7) is 2.10. The van der Waals surface area contributed by atoms with Crippen LogP contribution < -0.4 is 16.2 Å². The van der Waals surface area contributed by atoms with Crippen molar-refractivity contribution in [2.24, 2.45) is 0 Å². The van der Waals surface area contributed by atoms with Gasteiger partial charge in [0.1, 0.15) is 6.67 Å². The molecule has 3 rings (SSSR count). The first kappa shape index (κ1) is 16.7. The van der Waals surface area contributed by atoms with Crippen LogP contribution in [0.1, 0.15) is 5.56 Å². The van der Waals surface area contributed by atoms with Crippen LogP contribution in [0.4, 0.5) is 10.5 Å². The Kier molecular flexibility index (Phi) is 5.05. The molecule has 0 bridgehead atoms. The number of hydrazine groups is 1. The monoisotopic (exact) mass is 355 g/mol. The molecule has 0 atom stereocenters. The maximum absolute atomic E-state index is 11.9. The van der Waals surface area contributed by atoms with Crippen molar-refractivity contribution < 1.29 is 4.79 Å². The van der Waals surface area contributed by atoms with Crippen LogP contribution in [0.15, 0.2) is 54.6 Å². The normalized spacial score (nSPS) is 10.3. The lowest BCUT2D eigenvalue weighted by Crippen LogP contribution is -2.40. The van der Waals surface area contributed by atoms with Crippen molar-refractivity contribution in [2.75, 3.05) is 5.43 Å². The molecule has 0 saturated heterocycles. The van der Waals surface area contributed by atoms with E-state index in [1.165, 1.54) is 9.36 Å². The van der Waals surface area contributed by atoms with Crippen molar-refractivity contribution in [3.05, 3.63) is 64.9 Å². The SMILES string of the molecule is Cc1ccc(NNC(=O)NCn2nnn(-c3ccccc3)c2=S)cc1. The van der Waals surface area contributed by atoms with E-state index in [9.17, 15) is 4.79 Å². The topological polar surface area (TPSA) is 88.8 Å². The number of urea groups is 1. The van der Waals surface area contributed by atoms with Gasteiger partial charge in [0.15, 0.2) is 0 Å². The Bertz CT molecular complexity index is 902. The van der Waals surface area contributed by atoms with Gasteiger partial charge in [-0.1, -0.05) is 35.9 Å². The standard InChI is InChI=1S/C16H17N7OS/c1-12-7-9-13(10-8-12)18-19-15(24)17-11-22-16(25)23(21-20-22)14-5-3-2-4-6-14/h2-10,18H,11H2,1H3,(H2,17,19,24). The van der Waals surface area contributed by atoms with E-state index in [1.807, 2.05) is 61.5 Å². The van der Waals surface area contributed by atoms with Crippen molar-refractivity contribution in [2.45, 2.75) is 13.6 Å². The lowest BCUT2D eigenvalue weighted by atomic mass is 10.2. The summed E-state index contributed by atoms with van der Waals surface area (Å²) in [5.41, 5.74) is 8.10. The molecule has 0 radical (unpaired) electrons. The minimum Gasteiger partial charge on any atom is -0.317 e. The van der Waals surface area contributed by atoms with Crippen molar-refractivity contribution in [1.29, 1.82) is 0 Å². The summed E-state index contributed by atoms with van der Waals surface area (Å²) in [6, 6.07) is 16.7. The highest BCUT2D eigenvalue weighted by Crippen LogP contribution is 2.07. The molecule has 128 valence electrons. The maximum atomic E-state index is 11.9. The van der Waals surface area contributed by atoms with Gasteiger partial charge in [0.05, 0.1) is 11.4 Å². The molecule has 0 unspecified atom stereocenters. The van der Waals surface area contributed by atoms with E-state index in [-0.39, 0.29) is 6.67 Å². The van der Waals surface area contributed by atoms with Crippen LogP contribution in [0.3, 0.4) is 0 Å². The molecule has 1 heterocycles. The van der Waals surface area contributed by atoms with E-state index < -0.39 is 6.03 Å². The Hall–Kier alpha value is -3.20. The van der Waals surface area contributed by atoms with E-state index in [0.717, 1.165) is 16.9 Å². The highest BCUT2D eigenvalue weighted by atomic mass is 32.1. The number of benzene rings is 2. The van der Waals surface area contributed by atoms with Crippen LogP contribution in [-0.2, 0) is 6.67 Å². The second-order valence-corrected chi connectivity index (χ2v) is 5.65. The summed E-state index contributed by atoms with van der Waals surface area (Å²) in [5, 5.41) is 10.6. The summed E-state index contributed by atoms with van der Waals surface area (Å²) in [4.78, 5) is 11.9. The first-order valence-electron chi connectivity index (χ1n) is 7.58. The fraction of sp³-hybridized carbons (Fsp3) is 0.125. The van der Waals surface area contributed by atoms with E-state index in [0.29, 0.717) is 4.77 Å². The van der Waals surface area contributed by atoms with Gasteiger partial charge in [-0.3, -0.25) is 10.9 Å². The van der Waals surface area contributed by atoms with Gasteiger partial charge in [-0.05, 0) is 53.8 Å². The Morgan fingerprint density at radius 2 is 1.80 bits per heavy atom. The predicted octanol–water partition coefficient (Wildman–Crippen LogP) is 2.39. The quantitative estimate of drug-likeness (QED) is 0.483. The number of anilines is 1. The Labute approximate surface area is 149 Å². The highest BCUT2D eigenvalue weighted by molar-refractivity contribution is 7.71. The lowest BCUT2D eigenvalue weighted by Gasteiger charge is -2.09. The number of hydrogen-bond donors (Lipinski definition) is 3. The van der Waals surface area contributed by atoms with Gasteiger partial charge in [0.2, 0.25) is 4.77 Å². The third kappa shape index (κ3) is 4.21. The molecule has 3 N–H and O–H groups in total. The summed E-state index contributed by atoms with van der Waals surface area (Å²) >= 11 is 5.33. The van der Waals surface area contributed by atoms with Gasteiger partial charge in [0.25, 0.3) is 0 Å². The Balaban J connectivity index is 1.55. The number of nitrogens with one attached hydrogen (secondary N) is 3. The Morgan fingerprint density at radius 1 is 1.08 bits per heavy atom. The van der Waals surface area contributed by atoms with Crippen LogP contribution >= 0.6 is 12.2 Å². The lowest BCUT2D eigenvalue weighted by molar-refractivity contribution is 0.239. The minimum atomic E-state index is -0.406. The third-order valence-corrected chi connectivity index (χ3v) is 3.79. The molecule has 0 aliphatic carbocycles. The molecule has 2 amide bonds. The molecule has 1 aromatic heterocycles. The number of aromatic nitrogens is 4. The van der Waals surface area contributed by atoms with Gasteiger partial charge in [-0.2, -0.15) is 9.36 Å². The van der Waals surface area contributed by atoms with Gasteiger partial charge in [-0.25, -0.2) is 4.79 Å². The molecule has 0 aliphatic heterocycles. The summed E-state index contributed by atoms with van der Waals surface area (Å²) < 4.78 is 3.34. The molecule has 0 aliphatic rings. The Morgan fingerprint density at radius 3 is 2.52 bits per heavy atom. The molecule has 2 aromatic carbocycles. The minimum absolute atomic E-state index is 0.104. The van der Waals surface area contributed by atoms with E-state index in [4.69, 9.17) is 12.2 Å². The number of carbonyl (C=O) groups is 1. The molecule has 3 aromatic rings. The number of amides is 2. The smallest absolute Gasteiger partial charge is 0.317 e. The number of para-hydroxylation sites is 1. The molecular formula is C16H17N7OS. The average Bonchev–Trinajstić information content (AvgIpc) is 3.01. The summed E-state index contributed by atoms with van der Waals surface area (Å²) in [7, 11) is 0. The number of carbonyl (C=O) groups excluding carboxylic acids is 1. The molecule has 0 saturated carbocycles. The third-order valence-electron chi connectivity index (χ3n) is 3.40. The highest BCUT2D eigenvalue weighted by Gasteiger charge is 2.06. The molecule has 25 heavy (non-hydrogen) atoms. The molecule has 0 fully saturated rings. The first-order chi connectivity index (χ1) is 12.1. The van der Waals surface area contributed by atoms with Gasteiger partial charge < -0.3 is 5.32 Å². The fourth-order valence-electron chi connectivity index (χ4n) is 2.06. The fourth-order valence-corrected chi connectivity index (χ4v) is 2.30. The second-order valence-electron chi connectivity index (χ2n) is 5.29. The second kappa shape index (κ2) is 7.58. The van der Waals surface area contributed by atoms with Gasteiger partial charge in [0, 0.05) is 0 Å². The number of hydrogen-bond acceptors (Lipinski definition) is 5. The van der Waals surface area contributed by atoms with Crippen molar-refractivity contribution in [3.63, 3.8) is 0 Å². The van der Waals surface area contributed by atoms with Crippen LogP contribution in [-0.4, -0.2) is 25.8 Å². The molecular weight excluding hydrogens is 338 g/mol. The first-order valence-corrected chi connectivity index (χ1v) is 7.99. The van der Waals surface area contributed by atoms with Crippen LogP contribution in [0.25, 0.3) is 5.69 Å². The predicted molar refractivity (Wildman–Crippen MR) is 96.7 cm³/mol. The van der Waals surface area contributed by atoms with Crippen LogP contribution in [0.5, 0.6) is 0 Å². The summed E-state index contributed by atoms with van der Waals surface area (Å²) in [6.07, 6.45) is 0. The number of tetrazole rings is 1. The number of aryl methyl sites for hydroxylation is 1.